The van der Waals surface area contributed by atoms with Gasteiger partial charge in [0.15, 0.2) is 0 Å². The summed E-state index contributed by atoms with van der Waals surface area (Å²) in [5.41, 5.74) is 2.37. The van der Waals surface area contributed by atoms with E-state index in [9.17, 15) is 18.0 Å². The van der Waals surface area contributed by atoms with Crippen molar-refractivity contribution in [2.45, 2.75) is 26.2 Å². The number of aromatic nitrogens is 3. The van der Waals surface area contributed by atoms with E-state index in [0.29, 0.717) is 11.4 Å². The standard InChI is InChI=1S/C22H24N4O4S/c1-22(2,3)19-12-15(11-18(24-19)17-13-23-21(28)25-20(17)27)6-5-14-7-9-16(10-8-14)26-31(4,29)30/h5-13,26H,1-4H3,(H2,23,25,27,28)/b6-5+. The zero-order chi connectivity index (χ0) is 22.8. The van der Waals surface area contributed by atoms with Gasteiger partial charge in [0.1, 0.15) is 0 Å². The zero-order valence-electron chi connectivity index (χ0n) is 17.7. The molecule has 0 aliphatic carbocycles. The lowest BCUT2D eigenvalue weighted by Gasteiger charge is -2.19. The lowest BCUT2D eigenvalue weighted by atomic mass is 9.90. The first-order valence-corrected chi connectivity index (χ1v) is 11.4. The third kappa shape index (κ3) is 6.02. The fourth-order valence-electron chi connectivity index (χ4n) is 2.84. The number of hydrogen-bond acceptors (Lipinski definition) is 5. The predicted molar refractivity (Wildman–Crippen MR) is 123 cm³/mol. The summed E-state index contributed by atoms with van der Waals surface area (Å²) in [6.07, 6.45) is 6.23. The fraction of sp³-hybridized carbons (Fsp3) is 0.227. The Morgan fingerprint density at radius 1 is 1.00 bits per heavy atom. The van der Waals surface area contributed by atoms with E-state index in [2.05, 4.69) is 19.7 Å². The predicted octanol–water partition coefficient (Wildman–Crippen LogP) is 2.96. The average Bonchev–Trinajstić information content (AvgIpc) is 2.65. The summed E-state index contributed by atoms with van der Waals surface area (Å²) in [5, 5.41) is 0. The van der Waals surface area contributed by atoms with Gasteiger partial charge >= 0.3 is 5.69 Å². The maximum Gasteiger partial charge on any atom is 0.325 e. The van der Waals surface area contributed by atoms with Crippen LogP contribution in [0.2, 0.25) is 0 Å². The van der Waals surface area contributed by atoms with E-state index in [-0.39, 0.29) is 11.0 Å². The summed E-state index contributed by atoms with van der Waals surface area (Å²) in [7, 11) is -3.33. The van der Waals surface area contributed by atoms with Gasteiger partial charge in [0.05, 0.1) is 17.5 Å². The molecule has 0 bridgehead atoms. The van der Waals surface area contributed by atoms with E-state index in [4.69, 9.17) is 0 Å². The first kappa shape index (κ1) is 22.2. The third-order valence-electron chi connectivity index (χ3n) is 4.39. The highest BCUT2D eigenvalue weighted by atomic mass is 32.2. The molecule has 2 heterocycles. The molecule has 3 aromatic rings. The Balaban J connectivity index is 1.98. The largest absolute Gasteiger partial charge is 0.325 e. The molecule has 0 saturated heterocycles. The number of sulfonamides is 1. The van der Waals surface area contributed by atoms with Gasteiger partial charge in [-0.25, -0.2) is 13.2 Å². The monoisotopic (exact) mass is 440 g/mol. The Morgan fingerprint density at radius 2 is 1.65 bits per heavy atom. The summed E-state index contributed by atoms with van der Waals surface area (Å²) in [6.45, 7) is 6.08. The molecule has 2 aromatic heterocycles. The van der Waals surface area contributed by atoms with Gasteiger partial charge < -0.3 is 4.98 Å². The number of rotatable bonds is 5. The van der Waals surface area contributed by atoms with Gasteiger partial charge in [-0.15, -0.1) is 0 Å². The molecule has 9 heteroatoms. The smallest absolute Gasteiger partial charge is 0.313 e. The lowest BCUT2D eigenvalue weighted by Crippen LogP contribution is -2.23. The van der Waals surface area contributed by atoms with Crippen LogP contribution in [0.1, 0.15) is 37.6 Å². The number of aromatic amines is 2. The quantitative estimate of drug-likeness (QED) is 0.563. The summed E-state index contributed by atoms with van der Waals surface area (Å²) in [5.74, 6) is 0. The fourth-order valence-corrected chi connectivity index (χ4v) is 3.40. The van der Waals surface area contributed by atoms with Crippen LogP contribution in [0, 0.1) is 0 Å². The van der Waals surface area contributed by atoms with Crippen molar-refractivity contribution < 1.29 is 8.42 Å². The van der Waals surface area contributed by atoms with E-state index in [0.717, 1.165) is 23.1 Å². The van der Waals surface area contributed by atoms with Gasteiger partial charge in [0.2, 0.25) is 10.0 Å². The normalized spacial score (nSPS) is 12.3. The number of benzene rings is 1. The molecule has 1 aromatic carbocycles. The Hall–Kier alpha value is -3.46. The molecule has 3 rings (SSSR count). The second-order valence-electron chi connectivity index (χ2n) is 8.24. The van der Waals surface area contributed by atoms with E-state index < -0.39 is 21.3 Å². The number of pyridine rings is 1. The van der Waals surface area contributed by atoms with Crippen molar-refractivity contribution in [3.05, 3.63) is 80.3 Å². The molecule has 3 N–H and O–H groups in total. The molecule has 31 heavy (non-hydrogen) atoms. The minimum absolute atomic E-state index is 0.257. The van der Waals surface area contributed by atoms with Crippen LogP contribution in [-0.4, -0.2) is 29.6 Å². The molecular formula is C22H24N4O4S. The molecular weight excluding hydrogens is 416 g/mol. The van der Waals surface area contributed by atoms with Crippen LogP contribution in [0.15, 0.2) is 52.2 Å². The Labute approximate surface area is 180 Å². The highest BCUT2D eigenvalue weighted by Crippen LogP contribution is 2.25. The second-order valence-corrected chi connectivity index (χ2v) is 9.98. The van der Waals surface area contributed by atoms with E-state index in [1.54, 1.807) is 30.3 Å². The number of nitrogens with one attached hydrogen (secondary N) is 3. The molecule has 0 unspecified atom stereocenters. The van der Waals surface area contributed by atoms with E-state index in [1.807, 2.05) is 39.0 Å². The number of nitrogens with zero attached hydrogens (tertiary/aromatic N) is 1. The molecule has 0 atom stereocenters. The summed E-state index contributed by atoms with van der Waals surface area (Å²) in [6, 6.07) is 10.7. The lowest BCUT2D eigenvalue weighted by molar-refractivity contribution is 0.569. The number of H-pyrrole nitrogens is 2. The van der Waals surface area contributed by atoms with Gasteiger partial charge in [-0.3, -0.25) is 19.5 Å². The maximum atomic E-state index is 12.2. The molecule has 162 valence electrons. The molecule has 0 radical (unpaired) electrons. The Bertz CT molecular complexity index is 1350. The first-order valence-electron chi connectivity index (χ1n) is 9.52. The Morgan fingerprint density at radius 3 is 2.23 bits per heavy atom. The van der Waals surface area contributed by atoms with Crippen molar-refractivity contribution >= 4 is 27.9 Å². The van der Waals surface area contributed by atoms with Gasteiger partial charge in [0, 0.05) is 23.0 Å². The highest BCUT2D eigenvalue weighted by molar-refractivity contribution is 7.92. The first-order chi connectivity index (χ1) is 14.4. The van der Waals surface area contributed by atoms with Crippen molar-refractivity contribution in [2.24, 2.45) is 0 Å². The summed E-state index contributed by atoms with van der Waals surface area (Å²) in [4.78, 5) is 32.9. The maximum absolute atomic E-state index is 12.2. The molecule has 8 nitrogen and oxygen atoms in total. The van der Waals surface area contributed by atoms with Crippen molar-refractivity contribution in [1.82, 2.24) is 15.0 Å². The van der Waals surface area contributed by atoms with Crippen molar-refractivity contribution in [3.63, 3.8) is 0 Å². The van der Waals surface area contributed by atoms with Crippen LogP contribution in [-0.2, 0) is 15.4 Å². The molecule has 0 saturated carbocycles. The van der Waals surface area contributed by atoms with E-state index >= 15 is 0 Å². The SMILES string of the molecule is CC(C)(C)c1cc(/C=C/c2ccc(NS(C)(=O)=O)cc2)cc(-c2c[nH]c(=O)[nH]c2=O)n1. The molecule has 0 spiro atoms. The molecule has 0 amide bonds. The molecule has 0 aliphatic rings. The molecule has 0 aliphatic heterocycles. The van der Waals surface area contributed by atoms with Gasteiger partial charge in [-0.1, -0.05) is 45.1 Å². The minimum Gasteiger partial charge on any atom is -0.313 e. The summed E-state index contributed by atoms with van der Waals surface area (Å²) < 4.78 is 25.1. The van der Waals surface area contributed by atoms with Gasteiger partial charge in [-0.05, 0) is 35.4 Å². The van der Waals surface area contributed by atoms with Crippen LogP contribution in [0.3, 0.4) is 0 Å². The van der Waals surface area contributed by atoms with Crippen LogP contribution < -0.4 is 16.0 Å². The summed E-state index contributed by atoms with van der Waals surface area (Å²) >= 11 is 0. The minimum atomic E-state index is -3.33. The third-order valence-corrected chi connectivity index (χ3v) is 5.00. The van der Waals surface area contributed by atoms with Crippen molar-refractivity contribution in [2.75, 3.05) is 11.0 Å². The van der Waals surface area contributed by atoms with Gasteiger partial charge in [0.25, 0.3) is 5.56 Å². The number of hydrogen-bond donors (Lipinski definition) is 3. The van der Waals surface area contributed by atoms with E-state index in [1.165, 1.54) is 6.20 Å². The van der Waals surface area contributed by atoms with Crippen molar-refractivity contribution in [1.29, 1.82) is 0 Å². The van der Waals surface area contributed by atoms with Crippen molar-refractivity contribution in [3.8, 4) is 11.3 Å². The van der Waals surface area contributed by atoms with Gasteiger partial charge in [-0.2, -0.15) is 0 Å². The highest BCUT2D eigenvalue weighted by Gasteiger charge is 2.18. The average molecular weight is 441 g/mol. The number of anilines is 1. The molecule has 0 fully saturated rings. The van der Waals surface area contributed by atoms with Crippen LogP contribution >= 0.6 is 0 Å². The van der Waals surface area contributed by atoms with Crippen LogP contribution in [0.5, 0.6) is 0 Å². The van der Waals surface area contributed by atoms with Crippen LogP contribution in [0.25, 0.3) is 23.4 Å². The topological polar surface area (TPSA) is 125 Å². The second kappa shape index (κ2) is 8.35. The van der Waals surface area contributed by atoms with Crippen LogP contribution in [0.4, 0.5) is 5.69 Å². The Kier molecular flexibility index (Phi) is 5.99. The zero-order valence-corrected chi connectivity index (χ0v) is 18.5.